The molecule has 2 N–H and O–H groups in total. The number of hydrogen-bond donors (Lipinski definition) is 2. The molecule has 2 rings (SSSR count). The molecule has 0 spiro atoms. The first-order chi connectivity index (χ1) is 9.08. The van der Waals surface area contributed by atoms with Gasteiger partial charge in [0.25, 0.3) is 0 Å². The summed E-state index contributed by atoms with van der Waals surface area (Å²) in [6.07, 6.45) is 3.66. The number of benzene rings is 1. The predicted octanol–water partition coefficient (Wildman–Crippen LogP) is 3.25. The number of aryl methyl sites for hydroxylation is 2. The molecular formula is C16H20N2O. The number of phenols is 1. The second-order valence-corrected chi connectivity index (χ2v) is 4.97. The molecular weight excluding hydrogens is 236 g/mol. The van der Waals surface area contributed by atoms with Gasteiger partial charge in [-0.1, -0.05) is 18.2 Å². The first kappa shape index (κ1) is 13.6. The molecule has 1 heterocycles. The molecule has 19 heavy (non-hydrogen) atoms. The maximum absolute atomic E-state index is 9.76. The molecule has 1 aromatic carbocycles. The fourth-order valence-corrected chi connectivity index (χ4v) is 2.17. The highest BCUT2D eigenvalue weighted by atomic mass is 16.3. The van der Waals surface area contributed by atoms with Gasteiger partial charge in [0.05, 0.1) is 0 Å². The quantitative estimate of drug-likeness (QED) is 0.882. The standard InChI is InChI=1S/C16H20N2O/c1-11-7-14(8-12(2)16(11)19)9-18-13(3)15-5-4-6-17-10-15/h4-8,10,13,18-19H,9H2,1-3H3/t13-/m1/s1. The van der Waals surface area contributed by atoms with Gasteiger partial charge >= 0.3 is 0 Å². The van der Waals surface area contributed by atoms with Crippen molar-refractivity contribution in [1.29, 1.82) is 0 Å². The Kier molecular flexibility index (Phi) is 4.17. The molecule has 1 aromatic heterocycles. The number of aromatic hydroxyl groups is 1. The molecule has 100 valence electrons. The van der Waals surface area contributed by atoms with Crippen molar-refractivity contribution in [3.05, 3.63) is 58.9 Å². The summed E-state index contributed by atoms with van der Waals surface area (Å²) in [7, 11) is 0. The van der Waals surface area contributed by atoms with Crippen molar-refractivity contribution < 1.29 is 5.11 Å². The third kappa shape index (κ3) is 3.32. The Bertz CT molecular complexity index is 529. The van der Waals surface area contributed by atoms with E-state index in [4.69, 9.17) is 0 Å². The summed E-state index contributed by atoms with van der Waals surface area (Å²) in [6, 6.07) is 8.31. The van der Waals surface area contributed by atoms with Crippen molar-refractivity contribution in [2.45, 2.75) is 33.4 Å². The summed E-state index contributed by atoms with van der Waals surface area (Å²) < 4.78 is 0. The van der Waals surface area contributed by atoms with Crippen molar-refractivity contribution in [1.82, 2.24) is 10.3 Å². The minimum atomic E-state index is 0.253. The zero-order valence-electron chi connectivity index (χ0n) is 11.6. The van der Waals surface area contributed by atoms with E-state index in [1.807, 2.05) is 38.2 Å². The fourth-order valence-electron chi connectivity index (χ4n) is 2.17. The van der Waals surface area contributed by atoms with Gasteiger partial charge < -0.3 is 10.4 Å². The van der Waals surface area contributed by atoms with Crippen molar-refractivity contribution in [2.24, 2.45) is 0 Å². The number of aromatic nitrogens is 1. The Morgan fingerprint density at radius 2 is 1.95 bits per heavy atom. The number of rotatable bonds is 4. The second kappa shape index (κ2) is 5.85. The van der Waals surface area contributed by atoms with Gasteiger partial charge in [-0.3, -0.25) is 4.98 Å². The summed E-state index contributed by atoms with van der Waals surface area (Å²) in [5.41, 5.74) is 4.20. The van der Waals surface area contributed by atoms with Gasteiger partial charge in [0.1, 0.15) is 5.75 Å². The predicted molar refractivity (Wildman–Crippen MR) is 77.1 cm³/mol. The molecule has 3 heteroatoms. The lowest BCUT2D eigenvalue weighted by Crippen LogP contribution is -2.18. The van der Waals surface area contributed by atoms with Crippen LogP contribution >= 0.6 is 0 Å². The molecule has 0 radical (unpaired) electrons. The highest BCUT2D eigenvalue weighted by Crippen LogP contribution is 2.23. The minimum Gasteiger partial charge on any atom is -0.507 e. The van der Waals surface area contributed by atoms with Crippen LogP contribution in [0.5, 0.6) is 5.75 Å². The zero-order valence-corrected chi connectivity index (χ0v) is 11.6. The van der Waals surface area contributed by atoms with Gasteiger partial charge in [0.2, 0.25) is 0 Å². The molecule has 0 amide bonds. The lowest BCUT2D eigenvalue weighted by molar-refractivity contribution is 0.466. The maximum atomic E-state index is 9.76. The van der Waals surface area contributed by atoms with Gasteiger partial charge in [-0.05, 0) is 49.1 Å². The first-order valence-corrected chi connectivity index (χ1v) is 6.50. The normalized spacial score (nSPS) is 12.4. The fraction of sp³-hybridized carbons (Fsp3) is 0.312. The summed E-state index contributed by atoms with van der Waals surface area (Å²) in [4.78, 5) is 4.13. The molecule has 0 aliphatic heterocycles. The van der Waals surface area contributed by atoms with Gasteiger partial charge in [0.15, 0.2) is 0 Å². The van der Waals surface area contributed by atoms with E-state index in [0.717, 1.165) is 17.7 Å². The van der Waals surface area contributed by atoms with Crippen LogP contribution in [-0.2, 0) is 6.54 Å². The van der Waals surface area contributed by atoms with E-state index < -0.39 is 0 Å². The maximum Gasteiger partial charge on any atom is 0.121 e. The van der Waals surface area contributed by atoms with Crippen molar-refractivity contribution in [3.8, 4) is 5.75 Å². The molecule has 3 nitrogen and oxygen atoms in total. The van der Waals surface area contributed by atoms with Crippen LogP contribution in [-0.4, -0.2) is 10.1 Å². The molecule has 0 bridgehead atoms. The SMILES string of the molecule is Cc1cc(CN[C@H](C)c2cccnc2)cc(C)c1O. The van der Waals surface area contributed by atoms with Crippen LogP contribution in [0, 0.1) is 13.8 Å². The molecule has 0 fully saturated rings. The highest BCUT2D eigenvalue weighted by molar-refractivity contribution is 5.42. The van der Waals surface area contributed by atoms with Gasteiger partial charge in [-0.25, -0.2) is 0 Å². The Morgan fingerprint density at radius 1 is 1.26 bits per heavy atom. The van der Waals surface area contributed by atoms with Crippen molar-refractivity contribution in [2.75, 3.05) is 0 Å². The van der Waals surface area contributed by atoms with Crippen LogP contribution in [0.25, 0.3) is 0 Å². The lowest BCUT2D eigenvalue weighted by atomic mass is 10.0. The lowest BCUT2D eigenvalue weighted by Gasteiger charge is -2.15. The van der Waals surface area contributed by atoms with Crippen LogP contribution in [0.15, 0.2) is 36.7 Å². The number of phenolic OH excluding ortho intramolecular Hbond substituents is 1. The molecule has 0 aliphatic carbocycles. The van der Waals surface area contributed by atoms with Crippen molar-refractivity contribution in [3.63, 3.8) is 0 Å². The molecule has 2 aromatic rings. The third-order valence-electron chi connectivity index (χ3n) is 3.35. The van der Waals surface area contributed by atoms with Gasteiger partial charge in [-0.15, -0.1) is 0 Å². The Balaban J connectivity index is 2.03. The molecule has 0 saturated carbocycles. The van der Waals surface area contributed by atoms with Crippen LogP contribution in [0.2, 0.25) is 0 Å². The summed E-state index contributed by atoms with van der Waals surface area (Å²) >= 11 is 0. The molecule has 0 aliphatic rings. The van der Waals surface area contributed by atoms with Crippen LogP contribution in [0.3, 0.4) is 0 Å². The van der Waals surface area contributed by atoms with Crippen molar-refractivity contribution >= 4 is 0 Å². The molecule has 1 atom stereocenters. The number of nitrogens with zero attached hydrogens (tertiary/aromatic N) is 1. The van der Waals surface area contributed by atoms with Crippen LogP contribution < -0.4 is 5.32 Å². The Hall–Kier alpha value is -1.87. The van der Waals surface area contributed by atoms with Gasteiger partial charge in [-0.2, -0.15) is 0 Å². The Morgan fingerprint density at radius 3 is 2.53 bits per heavy atom. The second-order valence-electron chi connectivity index (χ2n) is 4.97. The van der Waals surface area contributed by atoms with E-state index in [-0.39, 0.29) is 6.04 Å². The first-order valence-electron chi connectivity index (χ1n) is 6.50. The average Bonchev–Trinajstić information content (AvgIpc) is 2.43. The Labute approximate surface area is 114 Å². The third-order valence-corrected chi connectivity index (χ3v) is 3.35. The summed E-state index contributed by atoms with van der Waals surface area (Å²) in [5.74, 6) is 0.393. The number of pyridine rings is 1. The van der Waals surface area contributed by atoms with Crippen LogP contribution in [0.1, 0.15) is 35.2 Å². The van der Waals surface area contributed by atoms with E-state index in [9.17, 15) is 5.11 Å². The van der Waals surface area contributed by atoms with Gasteiger partial charge in [0, 0.05) is 25.0 Å². The highest BCUT2D eigenvalue weighted by Gasteiger charge is 2.07. The monoisotopic (exact) mass is 256 g/mol. The van der Waals surface area contributed by atoms with E-state index >= 15 is 0 Å². The average molecular weight is 256 g/mol. The summed E-state index contributed by atoms with van der Waals surface area (Å²) in [6.45, 7) is 6.75. The summed E-state index contributed by atoms with van der Waals surface area (Å²) in [5, 5.41) is 13.2. The number of nitrogens with one attached hydrogen (secondary N) is 1. The van der Waals surface area contributed by atoms with E-state index in [2.05, 4.69) is 23.3 Å². The molecule has 0 unspecified atom stereocenters. The minimum absolute atomic E-state index is 0.253. The topological polar surface area (TPSA) is 45.2 Å². The van der Waals surface area contributed by atoms with Crippen LogP contribution in [0.4, 0.5) is 0 Å². The smallest absolute Gasteiger partial charge is 0.121 e. The largest absolute Gasteiger partial charge is 0.507 e. The number of hydrogen-bond acceptors (Lipinski definition) is 3. The van der Waals surface area contributed by atoms with E-state index in [0.29, 0.717) is 5.75 Å². The van der Waals surface area contributed by atoms with E-state index in [1.165, 1.54) is 11.1 Å². The molecule has 0 saturated heterocycles. The van der Waals surface area contributed by atoms with E-state index in [1.54, 1.807) is 6.20 Å². The zero-order chi connectivity index (χ0) is 13.8.